The molecule has 2 aromatic rings. The number of para-hydroxylation sites is 1. The number of morpholine rings is 1. The van der Waals surface area contributed by atoms with Crippen molar-refractivity contribution in [1.29, 1.82) is 0 Å². The molecule has 0 radical (unpaired) electrons. The van der Waals surface area contributed by atoms with Crippen molar-refractivity contribution in [3.05, 3.63) is 54.0 Å². The number of carbonyl (C=O) groups is 2. The summed E-state index contributed by atoms with van der Waals surface area (Å²) in [6.07, 6.45) is 1.62. The number of ether oxygens (including phenoxy) is 1. The van der Waals surface area contributed by atoms with Crippen LogP contribution in [0, 0.1) is 0 Å². The van der Waals surface area contributed by atoms with Gasteiger partial charge in [-0.2, -0.15) is 0 Å². The van der Waals surface area contributed by atoms with Crippen LogP contribution in [0.5, 0.6) is 0 Å². The molecule has 7 heteroatoms. The molecule has 0 aliphatic carbocycles. The third-order valence-corrected chi connectivity index (χ3v) is 4.38. The van der Waals surface area contributed by atoms with Gasteiger partial charge in [0.15, 0.2) is 0 Å². The number of nitrogens with one attached hydrogen (secondary N) is 2. The Labute approximate surface area is 158 Å². The smallest absolute Gasteiger partial charge is 0.253 e. The molecule has 1 aliphatic rings. The van der Waals surface area contributed by atoms with E-state index in [9.17, 15) is 9.59 Å². The summed E-state index contributed by atoms with van der Waals surface area (Å²) in [5, 5.41) is 5.92. The Balaban J connectivity index is 1.58. The Bertz CT molecular complexity index is 765. The van der Waals surface area contributed by atoms with E-state index in [1.54, 1.807) is 41.5 Å². The molecule has 2 amide bonds. The average molecular weight is 371 g/mol. The van der Waals surface area contributed by atoms with Gasteiger partial charge in [-0.3, -0.25) is 9.59 Å². The molecule has 0 spiro atoms. The van der Waals surface area contributed by atoms with Gasteiger partial charge in [0, 0.05) is 18.8 Å². The quantitative estimate of drug-likeness (QED) is 0.814. The van der Waals surface area contributed by atoms with Gasteiger partial charge in [0.1, 0.15) is 5.76 Å². The van der Waals surface area contributed by atoms with Gasteiger partial charge in [0.25, 0.3) is 5.91 Å². The van der Waals surface area contributed by atoms with Gasteiger partial charge in [-0.25, -0.2) is 0 Å². The topological polar surface area (TPSA) is 83.8 Å². The third kappa shape index (κ3) is 5.10. The van der Waals surface area contributed by atoms with Crippen molar-refractivity contribution in [2.24, 2.45) is 0 Å². The average Bonchev–Trinajstić information content (AvgIpc) is 3.17. The zero-order chi connectivity index (χ0) is 19.2. The van der Waals surface area contributed by atoms with Crippen LogP contribution in [0.3, 0.4) is 0 Å². The first-order chi connectivity index (χ1) is 13.0. The minimum absolute atomic E-state index is 0.0113. The highest BCUT2D eigenvalue weighted by molar-refractivity contribution is 6.00. The zero-order valence-corrected chi connectivity index (χ0v) is 15.6. The third-order valence-electron chi connectivity index (χ3n) is 4.38. The van der Waals surface area contributed by atoms with Crippen LogP contribution in [0.25, 0.3) is 0 Å². The summed E-state index contributed by atoms with van der Waals surface area (Å²) in [5.74, 6) is 0.442. The van der Waals surface area contributed by atoms with E-state index in [1.807, 2.05) is 19.9 Å². The number of hydrogen-bond acceptors (Lipinski definition) is 5. The van der Waals surface area contributed by atoms with Crippen LogP contribution < -0.4 is 10.6 Å². The first-order valence-corrected chi connectivity index (χ1v) is 9.09. The number of rotatable bonds is 6. The molecule has 27 heavy (non-hydrogen) atoms. The van der Waals surface area contributed by atoms with Crippen LogP contribution in [0.15, 0.2) is 47.1 Å². The lowest BCUT2D eigenvalue weighted by Crippen LogP contribution is -2.49. The summed E-state index contributed by atoms with van der Waals surface area (Å²) < 4.78 is 10.9. The lowest BCUT2D eigenvalue weighted by Gasteiger charge is -2.35. The normalized spacial score (nSPS) is 19.6. The van der Waals surface area contributed by atoms with Crippen molar-refractivity contribution >= 4 is 17.5 Å². The standard InChI is InChI=1S/C20H25N3O4/c1-14-12-23(13-15(2)27-14)19(24)11-21-18-8-4-3-7-17(18)20(25)22-10-16-6-5-9-26-16/h3-9,14-15,21H,10-13H2,1-2H3,(H,22,25). The van der Waals surface area contributed by atoms with Crippen LogP contribution in [-0.2, 0) is 16.1 Å². The van der Waals surface area contributed by atoms with E-state index in [2.05, 4.69) is 10.6 Å². The number of anilines is 1. The maximum absolute atomic E-state index is 12.5. The lowest BCUT2D eigenvalue weighted by atomic mass is 10.1. The van der Waals surface area contributed by atoms with Crippen molar-refractivity contribution in [3.8, 4) is 0 Å². The fourth-order valence-corrected chi connectivity index (χ4v) is 3.18. The SMILES string of the molecule is CC1CN(C(=O)CNc2ccccc2C(=O)NCc2ccco2)CC(C)O1. The Hall–Kier alpha value is -2.80. The summed E-state index contributed by atoms with van der Waals surface area (Å²) in [6.45, 7) is 5.51. The van der Waals surface area contributed by atoms with Crippen LogP contribution in [-0.4, -0.2) is 48.6 Å². The molecule has 0 saturated carbocycles. The monoisotopic (exact) mass is 371 g/mol. The molecule has 1 aromatic carbocycles. The molecule has 2 atom stereocenters. The fourth-order valence-electron chi connectivity index (χ4n) is 3.18. The number of amides is 2. The second-order valence-electron chi connectivity index (χ2n) is 6.72. The molecule has 1 fully saturated rings. The van der Waals surface area contributed by atoms with E-state index in [1.165, 1.54) is 0 Å². The number of hydrogen-bond donors (Lipinski definition) is 2. The predicted molar refractivity (Wildman–Crippen MR) is 101 cm³/mol. The summed E-state index contributed by atoms with van der Waals surface area (Å²) in [4.78, 5) is 26.8. The number of furan rings is 1. The zero-order valence-electron chi connectivity index (χ0n) is 15.6. The van der Waals surface area contributed by atoms with Crippen molar-refractivity contribution in [2.45, 2.75) is 32.6 Å². The maximum Gasteiger partial charge on any atom is 0.253 e. The van der Waals surface area contributed by atoms with Crippen LogP contribution >= 0.6 is 0 Å². The number of carbonyl (C=O) groups excluding carboxylic acids is 2. The summed E-state index contributed by atoms with van der Waals surface area (Å²) in [6, 6.07) is 10.7. The lowest BCUT2D eigenvalue weighted by molar-refractivity contribution is -0.141. The van der Waals surface area contributed by atoms with E-state index in [-0.39, 0.29) is 30.6 Å². The second-order valence-corrected chi connectivity index (χ2v) is 6.72. The van der Waals surface area contributed by atoms with Gasteiger partial charge in [-0.05, 0) is 38.1 Å². The van der Waals surface area contributed by atoms with Gasteiger partial charge >= 0.3 is 0 Å². The van der Waals surface area contributed by atoms with Gasteiger partial charge in [-0.1, -0.05) is 12.1 Å². The van der Waals surface area contributed by atoms with E-state index in [0.717, 1.165) is 0 Å². The first-order valence-electron chi connectivity index (χ1n) is 9.09. The van der Waals surface area contributed by atoms with Crippen LogP contribution in [0.1, 0.15) is 30.0 Å². The molecular formula is C20H25N3O4. The summed E-state index contributed by atoms with van der Waals surface area (Å²) in [5.41, 5.74) is 1.11. The maximum atomic E-state index is 12.5. The molecule has 2 N–H and O–H groups in total. The van der Waals surface area contributed by atoms with E-state index in [0.29, 0.717) is 36.6 Å². The molecule has 144 valence electrons. The summed E-state index contributed by atoms with van der Waals surface area (Å²) >= 11 is 0. The van der Waals surface area contributed by atoms with Crippen molar-refractivity contribution in [2.75, 3.05) is 25.0 Å². The molecule has 1 aliphatic heterocycles. The van der Waals surface area contributed by atoms with E-state index in [4.69, 9.17) is 9.15 Å². The van der Waals surface area contributed by atoms with Gasteiger partial charge in [0.2, 0.25) is 5.91 Å². The van der Waals surface area contributed by atoms with Crippen molar-refractivity contribution in [3.63, 3.8) is 0 Å². The molecule has 3 rings (SSSR count). The van der Waals surface area contributed by atoms with Gasteiger partial charge in [-0.15, -0.1) is 0 Å². The van der Waals surface area contributed by atoms with Gasteiger partial charge in [0.05, 0.1) is 37.1 Å². The Kier molecular flexibility index (Phi) is 6.13. The number of benzene rings is 1. The Morgan fingerprint density at radius 2 is 1.85 bits per heavy atom. The number of nitrogens with zero attached hydrogens (tertiary/aromatic N) is 1. The van der Waals surface area contributed by atoms with Crippen LogP contribution in [0.2, 0.25) is 0 Å². The molecule has 7 nitrogen and oxygen atoms in total. The first kappa shape index (κ1) is 19.0. The molecule has 2 heterocycles. The van der Waals surface area contributed by atoms with Crippen molar-refractivity contribution < 1.29 is 18.7 Å². The highest BCUT2D eigenvalue weighted by Gasteiger charge is 2.25. The largest absolute Gasteiger partial charge is 0.467 e. The molecule has 2 unspecified atom stereocenters. The second kappa shape index (κ2) is 8.73. The van der Waals surface area contributed by atoms with E-state index >= 15 is 0 Å². The molecule has 0 bridgehead atoms. The fraction of sp³-hybridized carbons (Fsp3) is 0.400. The molecule has 1 saturated heterocycles. The van der Waals surface area contributed by atoms with E-state index < -0.39 is 0 Å². The van der Waals surface area contributed by atoms with Gasteiger partial charge < -0.3 is 24.7 Å². The highest BCUT2D eigenvalue weighted by Crippen LogP contribution is 2.16. The minimum Gasteiger partial charge on any atom is -0.467 e. The minimum atomic E-state index is -0.226. The van der Waals surface area contributed by atoms with Crippen molar-refractivity contribution in [1.82, 2.24) is 10.2 Å². The predicted octanol–water partition coefficient (Wildman–Crippen LogP) is 2.26. The summed E-state index contributed by atoms with van der Waals surface area (Å²) in [7, 11) is 0. The Morgan fingerprint density at radius 1 is 1.11 bits per heavy atom. The highest BCUT2D eigenvalue weighted by atomic mass is 16.5. The van der Waals surface area contributed by atoms with Crippen LogP contribution in [0.4, 0.5) is 5.69 Å². The molecule has 1 aromatic heterocycles. The Morgan fingerprint density at radius 3 is 2.56 bits per heavy atom. The molecular weight excluding hydrogens is 346 g/mol.